The van der Waals surface area contributed by atoms with E-state index in [0.717, 1.165) is 0 Å². The van der Waals surface area contributed by atoms with Gasteiger partial charge in [-0.15, -0.1) is 0 Å². The van der Waals surface area contributed by atoms with Crippen molar-refractivity contribution in [2.75, 3.05) is 0 Å². The summed E-state index contributed by atoms with van der Waals surface area (Å²) in [5.74, 6) is -1.12. The number of carbonyl (C=O) groups excluding carboxylic acids is 1. The molecule has 0 aliphatic carbocycles. The van der Waals surface area contributed by atoms with Crippen LogP contribution < -0.4 is 5.11 Å². The summed E-state index contributed by atoms with van der Waals surface area (Å²) in [5, 5.41) is 30.1. The Morgan fingerprint density at radius 1 is 0.895 bits per heavy atom. The number of hydrogen-bond donors (Lipinski definition) is 2. The zero-order valence-corrected chi connectivity index (χ0v) is 10.3. The van der Waals surface area contributed by atoms with Crippen molar-refractivity contribution in [3.63, 3.8) is 0 Å². The smallest absolute Gasteiger partial charge is 0.115 e. The molecule has 98 valence electrons. The predicted octanol–water partition coefficient (Wildman–Crippen LogP) is 1.15. The molecule has 0 saturated carbocycles. The van der Waals surface area contributed by atoms with Crippen LogP contribution in [0.25, 0.3) is 0 Å². The number of hydrogen-bond acceptors (Lipinski definition) is 4. The molecule has 0 heterocycles. The number of aliphatic carboxylic acids is 1. The summed E-state index contributed by atoms with van der Waals surface area (Å²) < 4.78 is 0. The van der Waals surface area contributed by atoms with Gasteiger partial charge in [0.2, 0.25) is 0 Å². The molecule has 0 saturated heterocycles. The maximum atomic E-state index is 11.6. The van der Waals surface area contributed by atoms with Crippen LogP contribution in [0.15, 0.2) is 48.5 Å². The SMILES string of the molecule is CC(C(=O)[O-])(c1ccc(O)cc1)c1ccc(O)cc1. The second-order valence-electron chi connectivity index (χ2n) is 4.51. The van der Waals surface area contributed by atoms with Crippen molar-refractivity contribution >= 4 is 5.97 Å². The molecule has 2 rings (SSSR count). The van der Waals surface area contributed by atoms with Crippen LogP contribution in [0.5, 0.6) is 11.5 Å². The van der Waals surface area contributed by atoms with Gasteiger partial charge in [0.15, 0.2) is 0 Å². The van der Waals surface area contributed by atoms with Gasteiger partial charge in [0.1, 0.15) is 11.5 Å². The molecule has 19 heavy (non-hydrogen) atoms. The lowest BCUT2D eigenvalue weighted by molar-refractivity contribution is -0.311. The van der Waals surface area contributed by atoms with E-state index in [1.807, 2.05) is 0 Å². The van der Waals surface area contributed by atoms with Crippen molar-refractivity contribution in [1.82, 2.24) is 0 Å². The molecular weight excluding hydrogens is 244 g/mol. The Bertz CT molecular complexity index is 539. The van der Waals surface area contributed by atoms with E-state index in [0.29, 0.717) is 11.1 Å². The Balaban J connectivity index is 2.57. The van der Waals surface area contributed by atoms with E-state index in [1.165, 1.54) is 55.5 Å². The first-order valence-electron chi connectivity index (χ1n) is 5.75. The van der Waals surface area contributed by atoms with Crippen molar-refractivity contribution in [1.29, 1.82) is 0 Å². The van der Waals surface area contributed by atoms with Crippen LogP contribution >= 0.6 is 0 Å². The van der Waals surface area contributed by atoms with E-state index < -0.39 is 11.4 Å². The molecule has 0 amide bonds. The molecule has 2 N–H and O–H groups in total. The number of phenolic OH excluding ortho intramolecular Hbond substituents is 2. The van der Waals surface area contributed by atoms with E-state index >= 15 is 0 Å². The van der Waals surface area contributed by atoms with Gasteiger partial charge in [0, 0.05) is 0 Å². The Labute approximate surface area is 110 Å². The molecule has 4 heteroatoms. The number of phenols is 2. The first-order chi connectivity index (χ1) is 8.94. The zero-order chi connectivity index (χ0) is 14.0. The van der Waals surface area contributed by atoms with Gasteiger partial charge in [-0.2, -0.15) is 0 Å². The molecule has 0 bridgehead atoms. The van der Waals surface area contributed by atoms with Crippen molar-refractivity contribution in [3.05, 3.63) is 59.7 Å². The average Bonchev–Trinajstić information content (AvgIpc) is 2.39. The van der Waals surface area contributed by atoms with Crippen molar-refractivity contribution in [3.8, 4) is 11.5 Å². The topological polar surface area (TPSA) is 80.6 Å². The minimum Gasteiger partial charge on any atom is -0.549 e. The summed E-state index contributed by atoms with van der Waals surface area (Å²) in [6.07, 6.45) is 0. The standard InChI is InChI=1S/C15H14O4/c1-15(14(18)19,10-2-6-12(16)7-3-10)11-4-8-13(17)9-5-11/h2-9,16-17H,1H3,(H,18,19)/p-1. The summed E-state index contributed by atoms with van der Waals surface area (Å²) in [7, 11) is 0. The Morgan fingerprint density at radius 3 is 1.47 bits per heavy atom. The van der Waals surface area contributed by atoms with Gasteiger partial charge in [-0.05, 0) is 42.3 Å². The van der Waals surface area contributed by atoms with Gasteiger partial charge < -0.3 is 20.1 Å². The van der Waals surface area contributed by atoms with Crippen molar-refractivity contribution in [2.24, 2.45) is 0 Å². The second-order valence-corrected chi connectivity index (χ2v) is 4.51. The zero-order valence-electron chi connectivity index (χ0n) is 10.3. The largest absolute Gasteiger partial charge is 0.549 e. The Kier molecular flexibility index (Phi) is 3.17. The molecular formula is C15H13O4-. The third kappa shape index (κ3) is 2.25. The predicted molar refractivity (Wildman–Crippen MR) is 67.7 cm³/mol. The van der Waals surface area contributed by atoms with Gasteiger partial charge in [-0.25, -0.2) is 0 Å². The molecule has 0 unspecified atom stereocenters. The lowest BCUT2D eigenvalue weighted by atomic mass is 9.76. The second kappa shape index (κ2) is 4.65. The maximum absolute atomic E-state index is 11.6. The first kappa shape index (κ1) is 13.0. The fraction of sp³-hybridized carbons (Fsp3) is 0.133. The molecule has 4 nitrogen and oxygen atoms in total. The van der Waals surface area contributed by atoms with Crippen LogP contribution in [0.2, 0.25) is 0 Å². The fourth-order valence-electron chi connectivity index (χ4n) is 1.99. The summed E-state index contributed by atoms with van der Waals surface area (Å²) in [6.45, 7) is 1.53. The molecule has 2 aromatic rings. The third-order valence-electron chi connectivity index (χ3n) is 3.30. The van der Waals surface area contributed by atoms with E-state index in [1.54, 1.807) is 0 Å². The third-order valence-corrected chi connectivity index (χ3v) is 3.30. The van der Waals surface area contributed by atoms with Gasteiger partial charge in [0.25, 0.3) is 0 Å². The van der Waals surface area contributed by atoms with Crippen molar-refractivity contribution in [2.45, 2.75) is 12.3 Å². The lowest BCUT2D eigenvalue weighted by Gasteiger charge is -2.32. The number of benzene rings is 2. The minimum atomic E-state index is -1.35. The molecule has 2 aromatic carbocycles. The normalized spacial score (nSPS) is 11.2. The molecule has 0 fully saturated rings. The van der Waals surface area contributed by atoms with Crippen LogP contribution in [-0.2, 0) is 10.2 Å². The molecule has 0 aromatic heterocycles. The quantitative estimate of drug-likeness (QED) is 0.864. The van der Waals surface area contributed by atoms with Crippen LogP contribution in [0.4, 0.5) is 0 Å². The van der Waals surface area contributed by atoms with Gasteiger partial charge in [-0.1, -0.05) is 24.3 Å². The van der Waals surface area contributed by atoms with E-state index in [2.05, 4.69) is 0 Å². The summed E-state index contributed by atoms with van der Waals surface area (Å²) in [5.41, 5.74) is -0.353. The highest BCUT2D eigenvalue weighted by Crippen LogP contribution is 2.33. The van der Waals surface area contributed by atoms with Crippen molar-refractivity contribution < 1.29 is 20.1 Å². The van der Waals surface area contributed by atoms with E-state index in [9.17, 15) is 20.1 Å². The van der Waals surface area contributed by atoms with Crippen LogP contribution in [-0.4, -0.2) is 16.2 Å². The summed E-state index contributed by atoms with van der Waals surface area (Å²) in [4.78, 5) is 11.6. The van der Waals surface area contributed by atoms with Gasteiger partial charge in [0.05, 0.1) is 11.4 Å². The Hall–Kier alpha value is -2.49. The fourth-order valence-corrected chi connectivity index (χ4v) is 1.99. The van der Waals surface area contributed by atoms with Crippen LogP contribution in [0.3, 0.4) is 0 Å². The highest BCUT2D eigenvalue weighted by molar-refractivity contribution is 5.84. The molecule has 0 spiro atoms. The highest BCUT2D eigenvalue weighted by Gasteiger charge is 2.30. The number of carboxylic acids is 1. The molecule has 0 aliphatic rings. The lowest BCUT2D eigenvalue weighted by Crippen LogP contribution is -2.44. The minimum absolute atomic E-state index is 0.0650. The van der Waals surface area contributed by atoms with Gasteiger partial charge in [-0.3, -0.25) is 0 Å². The van der Waals surface area contributed by atoms with E-state index in [-0.39, 0.29) is 11.5 Å². The summed E-state index contributed by atoms with van der Waals surface area (Å²) >= 11 is 0. The number of rotatable bonds is 3. The van der Waals surface area contributed by atoms with Crippen LogP contribution in [0, 0.1) is 0 Å². The number of carbonyl (C=O) groups is 1. The maximum Gasteiger partial charge on any atom is 0.115 e. The average molecular weight is 257 g/mol. The highest BCUT2D eigenvalue weighted by atomic mass is 16.4. The Morgan fingerprint density at radius 2 is 1.21 bits per heavy atom. The number of carboxylic acid groups (broad SMARTS) is 1. The molecule has 0 atom stereocenters. The molecule has 0 aliphatic heterocycles. The van der Waals surface area contributed by atoms with Crippen LogP contribution in [0.1, 0.15) is 18.1 Å². The first-order valence-corrected chi connectivity index (χ1v) is 5.75. The van der Waals surface area contributed by atoms with Gasteiger partial charge >= 0.3 is 0 Å². The summed E-state index contributed by atoms with van der Waals surface area (Å²) in [6, 6.07) is 11.9. The molecule has 0 radical (unpaired) electrons. The van der Waals surface area contributed by atoms with E-state index in [4.69, 9.17) is 0 Å². The number of aromatic hydroxyl groups is 2. The monoisotopic (exact) mass is 257 g/mol.